The maximum absolute atomic E-state index is 13.0. The minimum atomic E-state index is -0.103. The van der Waals surface area contributed by atoms with Gasteiger partial charge in [-0.1, -0.05) is 26.7 Å². The van der Waals surface area contributed by atoms with Crippen molar-refractivity contribution < 1.29 is 9.59 Å². The Morgan fingerprint density at radius 1 is 1.32 bits per heavy atom. The first-order valence-electron chi connectivity index (χ1n) is 10.1. The van der Waals surface area contributed by atoms with Gasteiger partial charge in [0.1, 0.15) is 5.69 Å². The van der Waals surface area contributed by atoms with E-state index in [0.717, 1.165) is 30.6 Å². The van der Waals surface area contributed by atoms with Crippen LogP contribution in [0, 0.1) is 5.92 Å². The molecule has 0 bridgehead atoms. The number of nitrogens with zero attached hydrogens (tertiary/aromatic N) is 4. The fraction of sp³-hybridized carbons (Fsp3) is 0.600. The molecule has 4 rings (SSSR count). The number of thiazole rings is 1. The highest BCUT2D eigenvalue weighted by Gasteiger charge is 2.32. The van der Waals surface area contributed by atoms with Crippen LogP contribution in [0.15, 0.2) is 10.9 Å². The van der Waals surface area contributed by atoms with Crippen LogP contribution in [-0.4, -0.2) is 44.1 Å². The topological polar surface area (TPSA) is 80.1 Å². The molecule has 0 saturated heterocycles. The largest absolute Gasteiger partial charge is 0.348 e. The molecule has 2 amide bonds. The zero-order chi connectivity index (χ0) is 19.7. The first kappa shape index (κ1) is 19.1. The van der Waals surface area contributed by atoms with Gasteiger partial charge >= 0.3 is 0 Å². The Hall–Kier alpha value is -2.22. The normalized spacial score (nSPS) is 17.2. The predicted octanol–water partition coefficient (Wildman–Crippen LogP) is 2.87. The van der Waals surface area contributed by atoms with Crippen molar-refractivity contribution in [1.82, 2.24) is 25.0 Å². The molecule has 0 radical (unpaired) electrons. The van der Waals surface area contributed by atoms with Crippen LogP contribution in [0.2, 0.25) is 0 Å². The van der Waals surface area contributed by atoms with E-state index in [-0.39, 0.29) is 17.9 Å². The molecular weight excluding hydrogens is 374 g/mol. The van der Waals surface area contributed by atoms with E-state index in [9.17, 15) is 9.59 Å². The summed E-state index contributed by atoms with van der Waals surface area (Å²) in [5.41, 5.74) is 4.61. The summed E-state index contributed by atoms with van der Waals surface area (Å²) in [6.45, 7) is 6.10. The quantitative estimate of drug-likeness (QED) is 0.835. The molecule has 1 N–H and O–H groups in total. The lowest BCUT2D eigenvalue weighted by atomic mass is 10.0. The highest BCUT2D eigenvalue weighted by molar-refractivity contribution is 7.07. The van der Waals surface area contributed by atoms with Gasteiger partial charge in [-0.05, 0) is 18.8 Å². The van der Waals surface area contributed by atoms with Gasteiger partial charge in [0, 0.05) is 42.2 Å². The fourth-order valence-corrected chi connectivity index (χ4v) is 4.67. The van der Waals surface area contributed by atoms with Crippen molar-refractivity contribution in [2.24, 2.45) is 5.92 Å². The Labute approximate surface area is 169 Å². The number of amides is 2. The zero-order valence-electron chi connectivity index (χ0n) is 16.5. The number of hydrogen-bond acceptors (Lipinski definition) is 5. The van der Waals surface area contributed by atoms with Crippen LogP contribution in [0.1, 0.15) is 71.8 Å². The lowest BCUT2D eigenvalue weighted by Crippen LogP contribution is -2.38. The molecule has 0 spiro atoms. The standard InChI is InChI=1S/C20H27N5O2S/c1-13(2)9-25-17-7-8-24(20(27)16-11-28-12-21-16)10-15(17)18(23-25)19(26)22-14-5-3-4-6-14/h11-14H,3-10H2,1-2H3,(H,22,26). The van der Waals surface area contributed by atoms with Crippen molar-refractivity contribution in [2.75, 3.05) is 6.54 Å². The smallest absolute Gasteiger partial charge is 0.273 e. The lowest BCUT2D eigenvalue weighted by molar-refractivity contribution is 0.0725. The average Bonchev–Trinajstić information content (AvgIpc) is 3.42. The molecule has 1 aliphatic heterocycles. The van der Waals surface area contributed by atoms with Crippen molar-refractivity contribution in [3.05, 3.63) is 33.5 Å². The molecule has 0 aromatic carbocycles. The molecule has 1 saturated carbocycles. The van der Waals surface area contributed by atoms with Crippen LogP contribution in [0.5, 0.6) is 0 Å². The number of fused-ring (bicyclic) bond motifs is 1. The first-order chi connectivity index (χ1) is 13.5. The van der Waals surface area contributed by atoms with E-state index in [4.69, 9.17) is 0 Å². The third-order valence-corrected chi connectivity index (χ3v) is 6.10. The van der Waals surface area contributed by atoms with Crippen molar-refractivity contribution >= 4 is 23.2 Å². The molecule has 7 nitrogen and oxygen atoms in total. The molecular formula is C20H27N5O2S. The van der Waals surface area contributed by atoms with E-state index in [1.54, 1.807) is 15.8 Å². The summed E-state index contributed by atoms with van der Waals surface area (Å²) in [5, 5.41) is 9.61. The number of hydrogen-bond donors (Lipinski definition) is 1. The van der Waals surface area contributed by atoms with Crippen molar-refractivity contribution in [1.29, 1.82) is 0 Å². The molecule has 2 aliphatic rings. The van der Waals surface area contributed by atoms with Crippen LogP contribution < -0.4 is 5.32 Å². The van der Waals surface area contributed by atoms with E-state index < -0.39 is 0 Å². The maximum Gasteiger partial charge on any atom is 0.273 e. The van der Waals surface area contributed by atoms with E-state index >= 15 is 0 Å². The minimum absolute atomic E-state index is 0.0781. The zero-order valence-corrected chi connectivity index (χ0v) is 17.3. The average molecular weight is 402 g/mol. The van der Waals surface area contributed by atoms with E-state index in [0.29, 0.717) is 36.8 Å². The Morgan fingerprint density at radius 2 is 2.11 bits per heavy atom. The van der Waals surface area contributed by atoms with Gasteiger partial charge in [0.05, 0.1) is 12.1 Å². The van der Waals surface area contributed by atoms with E-state index in [1.165, 1.54) is 24.2 Å². The highest BCUT2D eigenvalue weighted by Crippen LogP contribution is 2.26. The molecule has 150 valence electrons. The number of aromatic nitrogens is 3. The number of carbonyl (C=O) groups excluding carboxylic acids is 2. The first-order valence-corrected chi connectivity index (χ1v) is 11.0. The third kappa shape index (κ3) is 3.83. The molecule has 8 heteroatoms. The summed E-state index contributed by atoms with van der Waals surface area (Å²) < 4.78 is 1.98. The number of nitrogens with one attached hydrogen (secondary N) is 1. The number of carbonyl (C=O) groups is 2. The maximum atomic E-state index is 13.0. The molecule has 0 unspecified atom stereocenters. The Morgan fingerprint density at radius 3 is 2.79 bits per heavy atom. The third-order valence-electron chi connectivity index (χ3n) is 5.52. The molecule has 1 fully saturated rings. The second-order valence-corrected chi connectivity index (χ2v) is 8.87. The van der Waals surface area contributed by atoms with E-state index in [2.05, 4.69) is 29.2 Å². The van der Waals surface area contributed by atoms with Crippen molar-refractivity contribution in [2.45, 2.75) is 65.1 Å². The van der Waals surface area contributed by atoms with Gasteiger partial charge < -0.3 is 10.2 Å². The molecule has 28 heavy (non-hydrogen) atoms. The van der Waals surface area contributed by atoms with Gasteiger partial charge in [-0.3, -0.25) is 14.3 Å². The van der Waals surface area contributed by atoms with Crippen molar-refractivity contribution in [3.8, 4) is 0 Å². The van der Waals surface area contributed by atoms with Crippen LogP contribution in [0.25, 0.3) is 0 Å². The van der Waals surface area contributed by atoms with Crippen LogP contribution in [0.4, 0.5) is 0 Å². The summed E-state index contributed by atoms with van der Waals surface area (Å²) in [6.07, 6.45) is 5.12. The van der Waals surface area contributed by atoms with Crippen molar-refractivity contribution in [3.63, 3.8) is 0 Å². The molecule has 1 aliphatic carbocycles. The van der Waals surface area contributed by atoms with Crippen LogP contribution in [-0.2, 0) is 19.5 Å². The minimum Gasteiger partial charge on any atom is -0.348 e. The predicted molar refractivity (Wildman–Crippen MR) is 107 cm³/mol. The SMILES string of the molecule is CC(C)Cn1nc(C(=O)NC2CCCC2)c2c1CCN(C(=O)c1cscn1)C2. The summed E-state index contributed by atoms with van der Waals surface area (Å²) in [5.74, 6) is 0.253. The van der Waals surface area contributed by atoms with Gasteiger partial charge in [-0.25, -0.2) is 4.98 Å². The highest BCUT2D eigenvalue weighted by atomic mass is 32.1. The second-order valence-electron chi connectivity index (χ2n) is 8.16. The van der Waals surface area contributed by atoms with Gasteiger partial charge in [-0.2, -0.15) is 5.10 Å². The Balaban J connectivity index is 1.60. The Bertz CT molecular complexity index is 852. The summed E-state index contributed by atoms with van der Waals surface area (Å²) in [7, 11) is 0. The summed E-state index contributed by atoms with van der Waals surface area (Å²) in [4.78, 5) is 31.7. The molecule has 3 heterocycles. The van der Waals surface area contributed by atoms with Gasteiger partial charge in [0.2, 0.25) is 0 Å². The van der Waals surface area contributed by atoms with Gasteiger partial charge in [0.15, 0.2) is 5.69 Å². The lowest BCUT2D eigenvalue weighted by Gasteiger charge is -2.27. The monoisotopic (exact) mass is 401 g/mol. The summed E-state index contributed by atoms with van der Waals surface area (Å²) >= 11 is 1.42. The fourth-order valence-electron chi connectivity index (χ4n) is 4.15. The van der Waals surface area contributed by atoms with Crippen LogP contribution >= 0.6 is 11.3 Å². The van der Waals surface area contributed by atoms with Crippen LogP contribution in [0.3, 0.4) is 0 Å². The molecule has 2 aromatic rings. The number of rotatable bonds is 5. The Kier molecular flexibility index (Phi) is 5.48. The summed E-state index contributed by atoms with van der Waals surface area (Å²) in [6, 6.07) is 0.245. The van der Waals surface area contributed by atoms with Gasteiger partial charge in [-0.15, -0.1) is 11.3 Å². The molecule has 2 aromatic heterocycles. The second kappa shape index (κ2) is 8.03. The molecule has 0 atom stereocenters. The van der Waals surface area contributed by atoms with E-state index in [1.807, 2.05) is 4.68 Å². The van der Waals surface area contributed by atoms with Gasteiger partial charge in [0.25, 0.3) is 11.8 Å².